The predicted octanol–water partition coefficient (Wildman–Crippen LogP) is 2.12. The molecule has 0 aliphatic carbocycles. The molecule has 1 aromatic rings. The summed E-state index contributed by atoms with van der Waals surface area (Å²) in [5.41, 5.74) is 6.85. The number of halogens is 3. The van der Waals surface area contributed by atoms with Gasteiger partial charge in [-0.3, -0.25) is 4.98 Å². The Labute approximate surface area is 100 Å². The highest BCUT2D eigenvalue weighted by Gasteiger charge is 2.04. The molecule has 0 atom stereocenters. The maximum atomic E-state index is 11.7. The summed E-state index contributed by atoms with van der Waals surface area (Å²) in [7, 11) is 0. The van der Waals surface area contributed by atoms with E-state index in [9.17, 15) is 8.78 Å². The zero-order valence-electron chi connectivity index (χ0n) is 8.42. The maximum absolute atomic E-state index is 11.7. The zero-order valence-corrected chi connectivity index (χ0v) is 10.0. The monoisotopic (exact) mass is 295 g/mol. The molecule has 0 unspecified atom stereocenters. The molecule has 0 bridgehead atoms. The lowest BCUT2D eigenvalue weighted by Gasteiger charge is -2.10. The van der Waals surface area contributed by atoms with Crippen molar-refractivity contribution in [3.05, 3.63) is 16.9 Å². The topological polar surface area (TPSA) is 60.2 Å². The highest BCUT2D eigenvalue weighted by atomic mass is 79.9. The fourth-order valence-electron chi connectivity index (χ4n) is 1.06. The van der Waals surface area contributed by atoms with Gasteiger partial charge < -0.3 is 15.8 Å². The molecule has 0 aliphatic rings. The van der Waals surface area contributed by atoms with E-state index in [1.807, 2.05) is 0 Å². The van der Waals surface area contributed by atoms with E-state index in [2.05, 4.69) is 26.2 Å². The molecule has 0 radical (unpaired) electrons. The van der Waals surface area contributed by atoms with Crippen molar-refractivity contribution < 1.29 is 13.5 Å². The lowest BCUT2D eigenvalue weighted by molar-refractivity contribution is 0.0215. The molecule has 4 nitrogen and oxygen atoms in total. The van der Waals surface area contributed by atoms with E-state index >= 15 is 0 Å². The van der Waals surface area contributed by atoms with E-state index in [0.29, 0.717) is 17.9 Å². The minimum Gasteiger partial charge on any atom is -0.396 e. The van der Waals surface area contributed by atoms with Crippen molar-refractivity contribution in [2.45, 2.75) is 6.43 Å². The summed E-state index contributed by atoms with van der Waals surface area (Å²) in [6.45, 7) is 0.0484. The van der Waals surface area contributed by atoms with Crippen molar-refractivity contribution in [3.8, 4) is 0 Å². The second-order valence-corrected chi connectivity index (χ2v) is 3.83. The number of anilines is 2. The maximum Gasteiger partial charge on any atom is 0.261 e. The van der Waals surface area contributed by atoms with Gasteiger partial charge in [-0.2, -0.15) is 0 Å². The number of hydrogen-bond donors (Lipinski definition) is 2. The van der Waals surface area contributed by atoms with Crippen LogP contribution in [0, 0.1) is 0 Å². The lowest BCUT2D eigenvalue weighted by Crippen LogP contribution is -2.14. The average Bonchev–Trinajstić information content (AvgIpc) is 2.21. The summed E-state index contributed by atoms with van der Waals surface area (Å²) in [4.78, 5) is 3.87. The first-order valence-corrected chi connectivity index (χ1v) is 5.39. The van der Waals surface area contributed by atoms with Gasteiger partial charge in [-0.25, -0.2) is 8.78 Å². The second-order valence-electron chi connectivity index (χ2n) is 2.98. The third-order valence-corrected chi connectivity index (χ3v) is 2.32. The highest BCUT2D eigenvalue weighted by Crippen LogP contribution is 2.26. The van der Waals surface area contributed by atoms with Crippen LogP contribution in [0.3, 0.4) is 0 Å². The van der Waals surface area contributed by atoms with Gasteiger partial charge in [0, 0.05) is 12.7 Å². The molecule has 0 aliphatic heterocycles. The van der Waals surface area contributed by atoms with E-state index in [-0.39, 0.29) is 6.61 Å². The predicted molar refractivity (Wildman–Crippen MR) is 61.7 cm³/mol. The summed E-state index contributed by atoms with van der Waals surface area (Å²) < 4.78 is 28.9. The molecule has 7 heteroatoms. The summed E-state index contributed by atoms with van der Waals surface area (Å²) in [6.07, 6.45) is 0.670. The molecule has 0 spiro atoms. The fourth-order valence-corrected chi connectivity index (χ4v) is 1.54. The Hall–Kier alpha value is -0.950. The first kappa shape index (κ1) is 13.1. The van der Waals surface area contributed by atoms with Crippen LogP contribution in [0.1, 0.15) is 0 Å². The van der Waals surface area contributed by atoms with Gasteiger partial charge in [0.1, 0.15) is 6.61 Å². The van der Waals surface area contributed by atoms with E-state index in [4.69, 9.17) is 10.5 Å². The summed E-state index contributed by atoms with van der Waals surface area (Å²) in [6, 6.07) is 0. The SMILES string of the molecule is Nc1cncc(Br)c1NCCOCC(F)F. The zero-order chi connectivity index (χ0) is 12.0. The van der Waals surface area contributed by atoms with Gasteiger partial charge >= 0.3 is 0 Å². The number of nitrogen functional groups attached to an aromatic ring is 1. The molecule has 0 aromatic carbocycles. The van der Waals surface area contributed by atoms with E-state index < -0.39 is 13.0 Å². The number of nitrogens with two attached hydrogens (primary N) is 1. The second kappa shape index (κ2) is 6.59. The molecule has 3 N–H and O–H groups in total. The molecule has 1 heterocycles. The number of hydrogen-bond acceptors (Lipinski definition) is 4. The third-order valence-electron chi connectivity index (χ3n) is 1.72. The van der Waals surface area contributed by atoms with Gasteiger partial charge in [0.25, 0.3) is 6.43 Å². The van der Waals surface area contributed by atoms with Crippen LogP contribution >= 0.6 is 15.9 Å². The van der Waals surface area contributed by atoms with Crippen LogP contribution in [0.5, 0.6) is 0 Å². The van der Waals surface area contributed by atoms with Crippen LogP contribution in [0.2, 0.25) is 0 Å². The number of rotatable bonds is 6. The number of ether oxygens (including phenoxy) is 1. The van der Waals surface area contributed by atoms with Crippen LogP contribution in [-0.4, -0.2) is 31.2 Å². The molecular weight excluding hydrogens is 284 g/mol. The number of pyridine rings is 1. The summed E-state index contributed by atoms with van der Waals surface area (Å²) in [5.74, 6) is 0. The van der Waals surface area contributed by atoms with Crippen LogP contribution in [-0.2, 0) is 4.74 Å². The molecule has 1 aromatic heterocycles. The number of alkyl halides is 2. The van der Waals surface area contributed by atoms with Crippen LogP contribution < -0.4 is 11.1 Å². The van der Waals surface area contributed by atoms with E-state index in [0.717, 1.165) is 4.47 Å². The van der Waals surface area contributed by atoms with Gasteiger partial charge in [0.2, 0.25) is 0 Å². The minimum absolute atomic E-state index is 0.193. The molecule has 0 amide bonds. The number of nitrogens with zero attached hydrogens (tertiary/aromatic N) is 1. The van der Waals surface area contributed by atoms with Crippen molar-refractivity contribution in [3.63, 3.8) is 0 Å². The standard InChI is InChI=1S/C9H12BrF2N3O/c10-6-3-14-4-7(13)9(6)15-1-2-16-5-8(11)12/h3-4,8H,1-2,5,13H2,(H,14,15). The molecule has 0 saturated carbocycles. The smallest absolute Gasteiger partial charge is 0.261 e. The van der Waals surface area contributed by atoms with Crippen LogP contribution in [0.15, 0.2) is 16.9 Å². The Morgan fingerprint density at radius 3 is 2.88 bits per heavy atom. The largest absolute Gasteiger partial charge is 0.396 e. The molecule has 1 rings (SSSR count). The number of aromatic nitrogens is 1. The van der Waals surface area contributed by atoms with Crippen LogP contribution in [0.25, 0.3) is 0 Å². The average molecular weight is 296 g/mol. The van der Waals surface area contributed by atoms with E-state index in [1.165, 1.54) is 6.20 Å². The van der Waals surface area contributed by atoms with Gasteiger partial charge in [0.05, 0.1) is 28.7 Å². The van der Waals surface area contributed by atoms with Gasteiger partial charge in [-0.05, 0) is 15.9 Å². The van der Waals surface area contributed by atoms with Crippen molar-refractivity contribution in [1.82, 2.24) is 4.98 Å². The lowest BCUT2D eigenvalue weighted by atomic mass is 10.3. The van der Waals surface area contributed by atoms with E-state index in [1.54, 1.807) is 6.20 Å². The van der Waals surface area contributed by atoms with Gasteiger partial charge in [0.15, 0.2) is 0 Å². The summed E-state index contributed by atoms with van der Waals surface area (Å²) in [5, 5.41) is 2.97. The molecule has 0 fully saturated rings. The first-order chi connectivity index (χ1) is 7.61. The molecule has 90 valence electrons. The Balaban J connectivity index is 2.32. The molecule has 0 saturated heterocycles. The van der Waals surface area contributed by atoms with Crippen molar-refractivity contribution in [2.75, 3.05) is 30.8 Å². The Bertz CT molecular complexity index is 318. The van der Waals surface area contributed by atoms with Crippen molar-refractivity contribution >= 4 is 27.3 Å². The Kier molecular flexibility index (Phi) is 5.41. The first-order valence-electron chi connectivity index (χ1n) is 4.60. The minimum atomic E-state index is -2.43. The molecular formula is C9H12BrF2N3O. The Morgan fingerprint density at radius 2 is 2.25 bits per heavy atom. The third kappa shape index (κ3) is 4.28. The van der Waals surface area contributed by atoms with Crippen molar-refractivity contribution in [2.24, 2.45) is 0 Å². The highest BCUT2D eigenvalue weighted by molar-refractivity contribution is 9.10. The Morgan fingerprint density at radius 1 is 1.50 bits per heavy atom. The number of nitrogens with one attached hydrogen (secondary N) is 1. The van der Waals surface area contributed by atoms with Crippen LogP contribution in [0.4, 0.5) is 20.2 Å². The van der Waals surface area contributed by atoms with Gasteiger partial charge in [-0.1, -0.05) is 0 Å². The quantitative estimate of drug-likeness (QED) is 0.789. The van der Waals surface area contributed by atoms with Gasteiger partial charge in [-0.15, -0.1) is 0 Å². The normalized spacial score (nSPS) is 10.8. The molecule has 16 heavy (non-hydrogen) atoms. The summed E-state index contributed by atoms with van der Waals surface area (Å²) >= 11 is 3.27. The van der Waals surface area contributed by atoms with Crippen molar-refractivity contribution in [1.29, 1.82) is 0 Å². The fraction of sp³-hybridized carbons (Fsp3) is 0.444.